The number of thioether (sulfide) groups is 1. The Bertz CT molecular complexity index is 585. The predicted octanol–water partition coefficient (Wildman–Crippen LogP) is 1.75. The van der Waals surface area contributed by atoms with Crippen molar-refractivity contribution >= 4 is 28.2 Å². The lowest BCUT2D eigenvalue weighted by atomic mass is 10.4. The van der Waals surface area contributed by atoms with E-state index in [4.69, 9.17) is 0 Å². The monoisotopic (exact) mass is 309 g/mol. The fraction of sp³-hybridized carbons (Fsp3) is 0.727. The molecule has 0 spiro atoms. The minimum Gasteiger partial charge on any atom is -0.347 e. The molecule has 1 saturated heterocycles. The highest BCUT2D eigenvalue weighted by atomic mass is 32.2. The van der Waals surface area contributed by atoms with Crippen molar-refractivity contribution in [2.75, 3.05) is 18.0 Å². The van der Waals surface area contributed by atoms with Gasteiger partial charge in [-0.25, -0.2) is 4.68 Å². The van der Waals surface area contributed by atoms with E-state index in [1.54, 1.807) is 23.1 Å². The molecule has 3 heterocycles. The fourth-order valence-electron chi connectivity index (χ4n) is 2.33. The second kappa shape index (κ2) is 5.28. The van der Waals surface area contributed by atoms with Crippen molar-refractivity contribution < 1.29 is 0 Å². The Morgan fingerprint density at radius 2 is 2.00 bits per heavy atom. The number of hydrogen-bond acceptors (Lipinski definition) is 8. The van der Waals surface area contributed by atoms with Crippen LogP contribution in [0.15, 0.2) is 4.34 Å². The number of tetrazole rings is 1. The normalized spacial score (nSPS) is 18.9. The number of anilines is 1. The standard InChI is InChI=1S/C11H15N7S2/c1-2-6-17(5-1)10-13-14-11(20-10)19-7-9-12-15-16-18(9)8-3-4-8/h8H,1-7H2. The van der Waals surface area contributed by atoms with Crippen LogP contribution in [0.2, 0.25) is 0 Å². The highest BCUT2D eigenvalue weighted by molar-refractivity contribution is 8.00. The van der Waals surface area contributed by atoms with Gasteiger partial charge in [-0.3, -0.25) is 0 Å². The summed E-state index contributed by atoms with van der Waals surface area (Å²) in [5.41, 5.74) is 0. The molecule has 2 aliphatic rings. The molecular formula is C11H15N7S2. The number of hydrogen-bond donors (Lipinski definition) is 0. The molecular weight excluding hydrogens is 294 g/mol. The van der Waals surface area contributed by atoms with Gasteiger partial charge in [0.1, 0.15) is 0 Å². The van der Waals surface area contributed by atoms with E-state index in [9.17, 15) is 0 Å². The molecule has 1 aliphatic heterocycles. The summed E-state index contributed by atoms with van der Waals surface area (Å²) in [6.07, 6.45) is 4.91. The second-order valence-electron chi connectivity index (χ2n) is 5.10. The van der Waals surface area contributed by atoms with E-state index < -0.39 is 0 Å². The van der Waals surface area contributed by atoms with Crippen LogP contribution in [-0.4, -0.2) is 43.5 Å². The van der Waals surface area contributed by atoms with E-state index in [1.165, 1.54) is 25.7 Å². The van der Waals surface area contributed by atoms with Gasteiger partial charge in [-0.1, -0.05) is 23.1 Å². The highest BCUT2D eigenvalue weighted by Crippen LogP contribution is 2.36. The van der Waals surface area contributed by atoms with Gasteiger partial charge in [-0.2, -0.15) is 0 Å². The first-order valence-electron chi connectivity index (χ1n) is 6.88. The highest BCUT2D eigenvalue weighted by Gasteiger charge is 2.27. The van der Waals surface area contributed by atoms with Crippen LogP contribution in [0.25, 0.3) is 0 Å². The lowest BCUT2D eigenvalue weighted by molar-refractivity contribution is 0.593. The van der Waals surface area contributed by atoms with Gasteiger partial charge in [0.2, 0.25) is 5.13 Å². The lowest BCUT2D eigenvalue weighted by Crippen LogP contribution is -2.17. The SMILES string of the molecule is C1CCN(c2nnc(SCc3nnnn3C3CC3)s2)C1. The maximum atomic E-state index is 4.28. The quantitative estimate of drug-likeness (QED) is 0.779. The molecule has 1 saturated carbocycles. The lowest BCUT2D eigenvalue weighted by Gasteiger charge is -2.10. The van der Waals surface area contributed by atoms with Crippen LogP contribution in [0.1, 0.15) is 37.5 Å². The zero-order chi connectivity index (χ0) is 13.4. The molecule has 4 rings (SSSR count). The third kappa shape index (κ3) is 2.51. The van der Waals surface area contributed by atoms with Gasteiger partial charge in [0, 0.05) is 13.1 Å². The molecule has 7 nitrogen and oxygen atoms in total. The maximum Gasteiger partial charge on any atom is 0.209 e. The summed E-state index contributed by atoms with van der Waals surface area (Å²) in [6, 6.07) is 0.523. The average molecular weight is 309 g/mol. The summed E-state index contributed by atoms with van der Waals surface area (Å²) in [6.45, 7) is 2.22. The van der Waals surface area contributed by atoms with Crippen molar-refractivity contribution in [2.24, 2.45) is 0 Å². The third-order valence-electron chi connectivity index (χ3n) is 3.55. The molecule has 0 bridgehead atoms. The molecule has 0 amide bonds. The van der Waals surface area contributed by atoms with E-state index in [1.807, 2.05) is 4.68 Å². The van der Waals surface area contributed by atoms with Crippen LogP contribution < -0.4 is 4.90 Å². The largest absolute Gasteiger partial charge is 0.347 e. The topological polar surface area (TPSA) is 72.6 Å². The van der Waals surface area contributed by atoms with Crippen molar-refractivity contribution in [1.29, 1.82) is 0 Å². The summed E-state index contributed by atoms with van der Waals surface area (Å²) in [5.74, 6) is 1.70. The number of rotatable bonds is 5. The first-order chi connectivity index (χ1) is 9.90. The second-order valence-corrected chi connectivity index (χ2v) is 7.28. The summed E-state index contributed by atoms with van der Waals surface area (Å²) in [7, 11) is 0. The van der Waals surface area contributed by atoms with Crippen LogP contribution in [0.3, 0.4) is 0 Å². The predicted molar refractivity (Wildman–Crippen MR) is 77.0 cm³/mol. The molecule has 0 unspecified atom stereocenters. The Balaban J connectivity index is 1.40. The van der Waals surface area contributed by atoms with Crippen LogP contribution in [0.5, 0.6) is 0 Å². The van der Waals surface area contributed by atoms with Gasteiger partial charge >= 0.3 is 0 Å². The van der Waals surface area contributed by atoms with E-state index in [0.29, 0.717) is 6.04 Å². The molecule has 106 valence electrons. The van der Waals surface area contributed by atoms with Crippen molar-refractivity contribution in [1.82, 2.24) is 30.4 Å². The smallest absolute Gasteiger partial charge is 0.209 e. The van der Waals surface area contributed by atoms with Crippen LogP contribution in [-0.2, 0) is 5.75 Å². The Morgan fingerprint density at radius 1 is 1.15 bits per heavy atom. The molecule has 9 heteroatoms. The molecule has 0 N–H and O–H groups in total. The molecule has 1 aliphatic carbocycles. The van der Waals surface area contributed by atoms with Crippen molar-refractivity contribution in [3.8, 4) is 0 Å². The van der Waals surface area contributed by atoms with Crippen LogP contribution in [0, 0.1) is 0 Å². The summed E-state index contributed by atoms with van der Waals surface area (Å²) >= 11 is 3.34. The van der Waals surface area contributed by atoms with E-state index in [0.717, 1.165) is 34.1 Å². The first-order valence-corrected chi connectivity index (χ1v) is 8.68. The molecule has 0 aromatic carbocycles. The zero-order valence-electron chi connectivity index (χ0n) is 11.0. The molecule has 20 heavy (non-hydrogen) atoms. The summed E-state index contributed by atoms with van der Waals surface area (Å²) < 4.78 is 2.95. The first kappa shape index (κ1) is 12.5. The average Bonchev–Trinajstić information content (AvgIpc) is 2.93. The summed E-state index contributed by atoms with van der Waals surface area (Å²) in [5, 5.41) is 21.5. The molecule has 2 fully saturated rings. The Labute approximate surface area is 124 Å². The maximum absolute atomic E-state index is 4.28. The van der Waals surface area contributed by atoms with E-state index >= 15 is 0 Å². The van der Waals surface area contributed by atoms with Crippen molar-refractivity contribution in [3.63, 3.8) is 0 Å². The minimum absolute atomic E-state index is 0.523. The third-order valence-corrected chi connectivity index (χ3v) is 5.66. The van der Waals surface area contributed by atoms with Gasteiger partial charge in [-0.15, -0.1) is 15.3 Å². The van der Waals surface area contributed by atoms with Gasteiger partial charge in [0.15, 0.2) is 10.2 Å². The fourth-order valence-corrected chi connectivity index (χ4v) is 4.14. The minimum atomic E-state index is 0.523. The van der Waals surface area contributed by atoms with Crippen LogP contribution >= 0.6 is 23.1 Å². The van der Waals surface area contributed by atoms with Crippen molar-refractivity contribution in [3.05, 3.63) is 5.82 Å². The van der Waals surface area contributed by atoms with E-state index in [-0.39, 0.29) is 0 Å². The van der Waals surface area contributed by atoms with E-state index in [2.05, 4.69) is 30.6 Å². The van der Waals surface area contributed by atoms with Crippen LogP contribution in [0.4, 0.5) is 5.13 Å². The van der Waals surface area contributed by atoms with Gasteiger partial charge in [0.25, 0.3) is 0 Å². The molecule has 0 atom stereocenters. The molecule has 0 radical (unpaired) electrons. The number of nitrogens with zero attached hydrogens (tertiary/aromatic N) is 7. The molecule has 2 aromatic heterocycles. The Hall–Kier alpha value is -1.22. The zero-order valence-corrected chi connectivity index (χ0v) is 12.6. The Morgan fingerprint density at radius 3 is 2.80 bits per heavy atom. The van der Waals surface area contributed by atoms with Gasteiger partial charge in [-0.05, 0) is 36.1 Å². The van der Waals surface area contributed by atoms with Gasteiger partial charge < -0.3 is 4.90 Å². The Kier molecular flexibility index (Phi) is 3.31. The number of aromatic nitrogens is 6. The van der Waals surface area contributed by atoms with Gasteiger partial charge in [0.05, 0.1) is 11.8 Å². The summed E-state index contributed by atoms with van der Waals surface area (Å²) in [4.78, 5) is 2.32. The molecule has 2 aromatic rings. The van der Waals surface area contributed by atoms with Crippen molar-refractivity contribution in [2.45, 2.75) is 41.8 Å².